The van der Waals surface area contributed by atoms with Crippen LogP contribution >= 0.6 is 0 Å². The summed E-state index contributed by atoms with van der Waals surface area (Å²) >= 11 is 0. The number of carbonyl (C=O) groups is 1. The third kappa shape index (κ3) is 3.50. The van der Waals surface area contributed by atoms with Crippen molar-refractivity contribution < 1.29 is 9.53 Å². The van der Waals surface area contributed by atoms with Gasteiger partial charge in [0.1, 0.15) is 5.75 Å². The van der Waals surface area contributed by atoms with Gasteiger partial charge in [0.15, 0.2) is 6.04 Å². The van der Waals surface area contributed by atoms with Crippen LogP contribution in [0.2, 0.25) is 0 Å². The normalized spacial score (nSPS) is 23.8. The molecule has 0 saturated heterocycles. The maximum absolute atomic E-state index is 12.1. The molecule has 1 N–H and O–H groups in total. The van der Waals surface area contributed by atoms with Gasteiger partial charge in [-0.3, -0.25) is 10.1 Å². The highest BCUT2D eigenvalue weighted by molar-refractivity contribution is 6.01. The Kier molecular flexibility index (Phi) is 4.46. The van der Waals surface area contributed by atoms with Gasteiger partial charge in [0.05, 0.1) is 13.2 Å². The molecule has 0 aromatic heterocycles. The van der Waals surface area contributed by atoms with Gasteiger partial charge in [-0.15, -0.1) is 5.11 Å². The van der Waals surface area contributed by atoms with Crippen molar-refractivity contribution in [1.82, 2.24) is 5.32 Å². The summed E-state index contributed by atoms with van der Waals surface area (Å²) in [5, 5.41) is 11.0. The van der Waals surface area contributed by atoms with Crippen LogP contribution in [0.1, 0.15) is 31.2 Å². The van der Waals surface area contributed by atoms with E-state index in [4.69, 9.17) is 4.74 Å². The number of carbonyl (C=O) groups excluding carboxylic acids is 1. The highest BCUT2D eigenvalue weighted by Crippen LogP contribution is 2.21. The van der Waals surface area contributed by atoms with Gasteiger partial charge in [0, 0.05) is 6.42 Å². The number of azo groups is 1. The Morgan fingerprint density at radius 1 is 1.27 bits per heavy atom. The molecule has 1 aromatic rings. The van der Waals surface area contributed by atoms with E-state index in [0.29, 0.717) is 12.4 Å². The van der Waals surface area contributed by atoms with Crippen LogP contribution in [0.5, 0.6) is 5.75 Å². The Hall–Kier alpha value is -2.24. The van der Waals surface area contributed by atoms with Gasteiger partial charge in [-0.25, -0.2) is 4.99 Å². The lowest BCUT2D eigenvalue weighted by Gasteiger charge is -2.17. The molecule has 22 heavy (non-hydrogen) atoms. The summed E-state index contributed by atoms with van der Waals surface area (Å²) < 4.78 is 5.12. The lowest BCUT2D eigenvalue weighted by atomic mass is 10.1. The molecule has 6 heteroatoms. The van der Waals surface area contributed by atoms with Crippen LogP contribution in [-0.2, 0) is 11.2 Å². The highest BCUT2D eigenvalue weighted by Gasteiger charge is 2.25. The number of aliphatic imine (C=N–C) groups is 1. The van der Waals surface area contributed by atoms with Gasteiger partial charge in [0.25, 0.3) is 5.91 Å². The van der Waals surface area contributed by atoms with E-state index in [9.17, 15) is 4.79 Å². The topological polar surface area (TPSA) is 75.4 Å². The van der Waals surface area contributed by atoms with E-state index in [2.05, 4.69) is 20.5 Å². The molecule has 3 rings (SSSR count). The summed E-state index contributed by atoms with van der Waals surface area (Å²) in [5.74, 6) is 1.02. The lowest BCUT2D eigenvalue weighted by Crippen LogP contribution is -2.41. The summed E-state index contributed by atoms with van der Waals surface area (Å²) in [6.45, 7) is 0. The molecule has 0 radical (unpaired) electrons. The van der Waals surface area contributed by atoms with Crippen molar-refractivity contribution >= 4 is 11.9 Å². The average molecular weight is 300 g/mol. The third-order valence-corrected chi connectivity index (χ3v) is 4.05. The fourth-order valence-corrected chi connectivity index (χ4v) is 2.78. The first-order valence-corrected chi connectivity index (χ1v) is 7.67. The number of hydrogen-bond acceptors (Lipinski definition) is 4. The van der Waals surface area contributed by atoms with E-state index < -0.39 is 6.04 Å². The van der Waals surface area contributed by atoms with Crippen LogP contribution in [-0.4, -0.2) is 31.1 Å². The maximum Gasteiger partial charge on any atom is 0.253 e. The molecule has 1 aliphatic heterocycles. The Morgan fingerprint density at radius 2 is 2.00 bits per heavy atom. The zero-order chi connectivity index (χ0) is 15.4. The van der Waals surface area contributed by atoms with Crippen LogP contribution in [0.15, 0.2) is 39.5 Å². The van der Waals surface area contributed by atoms with Crippen molar-refractivity contribution in [2.75, 3.05) is 7.11 Å². The molecule has 0 bridgehead atoms. The first-order valence-electron chi connectivity index (χ1n) is 7.67. The Bertz CT molecular complexity index is 589. The quantitative estimate of drug-likeness (QED) is 0.927. The van der Waals surface area contributed by atoms with Crippen molar-refractivity contribution in [2.24, 2.45) is 15.2 Å². The highest BCUT2D eigenvalue weighted by atomic mass is 16.5. The van der Waals surface area contributed by atoms with Crippen molar-refractivity contribution in [2.45, 2.75) is 44.2 Å². The van der Waals surface area contributed by atoms with E-state index in [1.165, 1.54) is 12.8 Å². The molecule has 1 atom stereocenters. The Labute approximate surface area is 129 Å². The van der Waals surface area contributed by atoms with Gasteiger partial charge in [-0.1, -0.05) is 25.0 Å². The van der Waals surface area contributed by atoms with Crippen LogP contribution in [0, 0.1) is 0 Å². The minimum atomic E-state index is -0.490. The Balaban J connectivity index is 1.64. The Morgan fingerprint density at radius 3 is 2.64 bits per heavy atom. The monoisotopic (exact) mass is 300 g/mol. The number of ether oxygens (including phenoxy) is 1. The standard InChI is InChI=1S/C16H20N4O2/c1-22-13-8-6-11(7-9-13)10-14-15(21)18-16(20-19-14)17-12-4-2-3-5-12/h6-9,12,14H,2-5,10H2,1H3,(H,17,18,21). The third-order valence-electron chi connectivity index (χ3n) is 4.05. The molecule has 1 saturated carbocycles. The zero-order valence-electron chi connectivity index (χ0n) is 12.7. The van der Waals surface area contributed by atoms with Gasteiger partial charge < -0.3 is 4.74 Å². The molecule has 1 unspecified atom stereocenters. The second kappa shape index (κ2) is 6.68. The van der Waals surface area contributed by atoms with Gasteiger partial charge in [0.2, 0.25) is 5.96 Å². The van der Waals surface area contributed by atoms with Crippen LogP contribution in [0.3, 0.4) is 0 Å². The number of methoxy groups -OCH3 is 1. The van der Waals surface area contributed by atoms with E-state index >= 15 is 0 Å². The first kappa shape index (κ1) is 14.7. The number of amides is 1. The summed E-state index contributed by atoms with van der Waals surface area (Å²) in [6.07, 6.45) is 5.07. The van der Waals surface area contributed by atoms with Gasteiger partial charge >= 0.3 is 0 Å². The molecule has 1 amide bonds. The lowest BCUT2D eigenvalue weighted by molar-refractivity contribution is -0.121. The first-order chi connectivity index (χ1) is 10.7. The second-order valence-corrected chi connectivity index (χ2v) is 5.66. The summed E-state index contributed by atoms with van der Waals surface area (Å²) in [4.78, 5) is 16.6. The summed E-state index contributed by atoms with van der Waals surface area (Å²) in [6, 6.07) is 7.41. The van der Waals surface area contributed by atoms with Gasteiger partial charge in [-0.2, -0.15) is 5.11 Å². The van der Waals surface area contributed by atoms with Crippen molar-refractivity contribution in [3.8, 4) is 5.75 Å². The SMILES string of the molecule is COc1ccc(CC2N=NC(=NC3CCCC3)NC2=O)cc1. The predicted molar refractivity (Wildman–Crippen MR) is 83.2 cm³/mol. The number of rotatable bonds is 4. The minimum Gasteiger partial charge on any atom is -0.497 e. The zero-order valence-corrected chi connectivity index (χ0v) is 12.7. The molecule has 6 nitrogen and oxygen atoms in total. The smallest absolute Gasteiger partial charge is 0.253 e. The molecule has 2 aliphatic rings. The summed E-state index contributed by atoms with van der Waals surface area (Å²) in [5.41, 5.74) is 1.02. The molecule has 1 aromatic carbocycles. The maximum atomic E-state index is 12.1. The van der Waals surface area contributed by atoms with Crippen LogP contribution in [0.4, 0.5) is 0 Å². The predicted octanol–water partition coefficient (Wildman–Crippen LogP) is 2.49. The van der Waals surface area contributed by atoms with Crippen LogP contribution < -0.4 is 10.1 Å². The number of nitrogens with zero attached hydrogens (tertiary/aromatic N) is 3. The molecule has 1 heterocycles. The molecular weight excluding hydrogens is 280 g/mol. The number of hydrogen-bond donors (Lipinski definition) is 1. The minimum absolute atomic E-state index is 0.137. The average Bonchev–Trinajstić information content (AvgIpc) is 3.04. The molecule has 116 valence electrons. The molecule has 1 fully saturated rings. The van der Waals surface area contributed by atoms with Crippen molar-refractivity contribution in [3.63, 3.8) is 0 Å². The van der Waals surface area contributed by atoms with Crippen LogP contribution in [0.25, 0.3) is 0 Å². The van der Waals surface area contributed by atoms with E-state index in [1.807, 2.05) is 24.3 Å². The van der Waals surface area contributed by atoms with Crippen molar-refractivity contribution in [3.05, 3.63) is 29.8 Å². The van der Waals surface area contributed by atoms with E-state index in [-0.39, 0.29) is 11.9 Å². The summed E-state index contributed by atoms with van der Waals surface area (Å²) in [7, 11) is 1.63. The fourth-order valence-electron chi connectivity index (χ4n) is 2.78. The van der Waals surface area contributed by atoms with E-state index in [1.54, 1.807) is 7.11 Å². The molecule has 1 aliphatic carbocycles. The number of guanidine groups is 1. The van der Waals surface area contributed by atoms with E-state index in [0.717, 1.165) is 24.2 Å². The largest absolute Gasteiger partial charge is 0.497 e. The second-order valence-electron chi connectivity index (χ2n) is 5.66. The molecular formula is C16H20N4O2. The molecule has 0 spiro atoms. The number of benzene rings is 1. The number of nitrogens with one attached hydrogen (secondary N) is 1. The van der Waals surface area contributed by atoms with Gasteiger partial charge in [-0.05, 0) is 30.5 Å². The fraction of sp³-hybridized carbons (Fsp3) is 0.500. The van der Waals surface area contributed by atoms with Crippen molar-refractivity contribution in [1.29, 1.82) is 0 Å².